The number of hydrogen-bond donors (Lipinski definition) is 4. The summed E-state index contributed by atoms with van der Waals surface area (Å²) in [5.41, 5.74) is 4.95. The molecule has 0 unspecified atom stereocenters. The molecule has 6 nitrogen and oxygen atoms in total. The Balaban J connectivity index is 2.04. The van der Waals surface area contributed by atoms with Crippen molar-refractivity contribution >= 4 is 11.1 Å². The molecule has 16 heavy (non-hydrogen) atoms. The molecule has 0 amide bonds. The molecule has 1 aromatic heterocycles. The number of aromatic nitrogens is 1. The van der Waals surface area contributed by atoms with Crippen LogP contribution in [0, 0.1) is 0 Å². The molecule has 6 heteroatoms. The number of nitrogens with two attached hydrogens (primary N) is 1. The molecular formula is C10H14N4O2. The van der Waals surface area contributed by atoms with Gasteiger partial charge in [-0.2, -0.15) is 0 Å². The van der Waals surface area contributed by atoms with E-state index in [0.717, 1.165) is 24.0 Å². The van der Waals surface area contributed by atoms with E-state index in [1.54, 1.807) is 0 Å². The Morgan fingerprint density at radius 1 is 1.44 bits per heavy atom. The van der Waals surface area contributed by atoms with Crippen LogP contribution in [0.4, 0.5) is 0 Å². The van der Waals surface area contributed by atoms with Gasteiger partial charge in [0.15, 0.2) is 5.58 Å². The SMILES string of the molecule is NNCNCCc1ccc2[nH]c(=O)oc2c1. The first-order valence-electron chi connectivity index (χ1n) is 5.05. The van der Waals surface area contributed by atoms with Crippen molar-refractivity contribution in [2.75, 3.05) is 13.2 Å². The third-order valence-electron chi connectivity index (χ3n) is 2.30. The molecule has 0 fully saturated rings. The molecule has 0 saturated carbocycles. The van der Waals surface area contributed by atoms with Crippen LogP contribution in [-0.2, 0) is 6.42 Å². The van der Waals surface area contributed by atoms with Gasteiger partial charge in [0.2, 0.25) is 0 Å². The maximum absolute atomic E-state index is 10.9. The molecule has 0 radical (unpaired) electrons. The summed E-state index contributed by atoms with van der Waals surface area (Å²) in [7, 11) is 0. The Labute approximate surface area is 91.8 Å². The zero-order chi connectivity index (χ0) is 11.4. The highest BCUT2D eigenvalue weighted by atomic mass is 16.4. The standard InChI is InChI=1S/C10H14N4O2/c11-13-6-12-4-3-7-1-2-8-9(5-7)16-10(15)14-8/h1-2,5,12-13H,3-4,6,11H2,(H,14,15). The van der Waals surface area contributed by atoms with E-state index in [1.807, 2.05) is 18.2 Å². The van der Waals surface area contributed by atoms with Crippen molar-refractivity contribution in [1.29, 1.82) is 0 Å². The van der Waals surface area contributed by atoms with Gasteiger partial charge in [-0.15, -0.1) is 0 Å². The summed E-state index contributed by atoms with van der Waals surface area (Å²) in [5, 5.41) is 3.10. The largest absolute Gasteiger partial charge is 0.417 e. The van der Waals surface area contributed by atoms with Gasteiger partial charge < -0.3 is 9.73 Å². The summed E-state index contributed by atoms with van der Waals surface area (Å²) in [4.78, 5) is 13.5. The minimum absolute atomic E-state index is 0.419. The number of hydrazine groups is 1. The highest BCUT2D eigenvalue weighted by Crippen LogP contribution is 2.12. The van der Waals surface area contributed by atoms with Gasteiger partial charge in [0, 0.05) is 6.54 Å². The first kappa shape index (κ1) is 10.9. The zero-order valence-corrected chi connectivity index (χ0v) is 8.75. The molecule has 2 aromatic rings. The third-order valence-corrected chi connectivity index (χ3v) is 2.30. The second-order valence-corrected chi connectivity index (χ2v) is 3.48. The molecule has 0 aliphatic heterocycles. The Morgan fingerprint density at radius 2 is 2.31 bits per heavy atom. The second-order valence-electron chi connectivity index (χ2n) is 3.48. The van der Waals surface area contributed by atoms with Crippen molar-refractivity contribution in [3.8, 4) is 0 Å². The lowest BCUT2D eigenvalue weighted by Crippen LogP contribution is -2.34. The van der Waals surface area contributed by atoms with Crippen LogP contribution in [0.3, 0.4) is 0 Å². The molecule has 0 aliphatic rings. The van der Waals surface area contributed by atoms with E-state index in [4.69, 9.17) is 10.3 Å². The molecule has 1 aromatic carbocycles. The van der Waals surface area contributed by atoms with Crippen LogP contribution in [0.5, 0.6) is 0 Å². The summed E-state index contributed by atoms with van der Waals surface area (Å²) in [5.74, 6) is 4.70. The number of hydrogen-bond acceptors (Lipinski definition) is 5. The lowest BCUT2D eigenvalue weighted by molar-refractivity contribution is 0.554. The molecule has 0 saturated heterocycles. The number of nitrogens with one attached hydrogen (secondary N) is 3. The quantitative estimate of drug-likeness (QED) is 0.240. The maximum Gasteiger partial charge on any atom is 0.417 e. The lowest BCUT2D eigenvalue weighted by atomic mass is 10.1. The van der Waals surface area contributed by atoms with E-state index in [2.05, 4.69) is 15.7 Å². The van der Waals surface area contributed by atoms with Gasteiger partial charge in [0.1, 0.15) is 0 Å². The first-order valence-corrected chi connectivity index (χ1v) is 5.05. The van der Waals surface area contributed by atoms with E-state index >= 15 is 0 Å². The second kappa shape index (κ2) is 4.93. The summed E-state index contributed by atoms with van der Waals surface area (Å²) in [6.45, 7) is 1.38. The van der Waals surface area contributed by atoms with Crippen LogP contribution in [0.2, 0.25) is 0 Å². The predicted molar refractivity (Wildman–Crippen MR) is 60.7 cm³/mol. The topological polar surface area (TPSA) is 96.1 Å². The average molecular weight is 222 g/mol. The third kappa shape index (κ3) is 2.48. The molecule has 1 heterocycles. The molecule has 0 atom stereocenters. The smallest absolute Gasteiger partial charge is 0.408 e. The first-order chi connectivity index (χ1) is 7.79. The van der Waals surface area contributed by atoms with Crippen molar-refractivity contribution < 1.29 is 4.42 Å². The Hall–Kier alpha value is -1.63. The van der Waals surface area contributed by atoms with Crippen molar-refractivity contribution in [3.05, 3.63) is 34.3 Å². The van der Waals surface area contributed by atoms with Crippen molar-refractivity contribution in [2.45, 2.75) is 6.42 Å². The van der Waals surface area contributed by atoms with Gasteiger partial charge in [-0.1, -0.05) is 6.07 Å². The summed E-state index contributed by atoms with van der Waals surface area (Å²) in [6.07, 6.45) is 0.854. The van der Waals surface area contributed by atoms with Crippen LogP contribution in [-0.4, -0.2) is 18.2 Å². The van der Waals surface area contributed by atoms with Crippen molar-refractivity contribution in [3.63, 3.8) is 0 Å². The fraction of sp³-hybridized carbons (Fsp3) is 0.300. The molecule has 86 valence electrons. The Kier molecular flexibility index (Phi) is 3.35. The minimum atomic E-state index is -0.419. The molecular weight excluding hydrogens is 208 g/mol. The van der Waals surface area contributed by atoms with Gasteiger partial charge in [-0.3, -0.25) is 10.8 Å². The average Bonchev–Trinajstić information content (AvgIpc) is 2.64. The zero-order valence-electron chi connectivity index (χ0n) is 8.75. The van der Waals surface area contributed by atoms with Crippen LogP contribution in [0.15, 0.2) is 27.4 Å². The number of H-pyrrole nitrogens is 1. The minimum Gasteiger partial charge on any atom is -0.408 e. The lowest BCUT2D eigenvalue weighted by Gasteiger charge is -2.03. The molecule has 2 rings (SSSR count). The molecule has 0 aliphatic carbocycles. The van der Waals surface area contributed by atoms with E-state index in [1.165, 1.54) is 0 Å². The Bertz CT molecular complexity index is 517. The summed E-state index contributed by atoms with van der Waals surface area (Å²) in [6, 6.07) is 5.67. The van der Waals surface area contributed by atoms with Gasteiger partial charge in [-0.05, 0) is 24.1 Å². The Morgan fingerprint density at radius 3 is 3.12 bits per heavy atom. The fourth-order valence-corrected chi connectivity index (χ4v) is 1.54. The molecule has 0 spiro atoms. The monoisotopic (exact) mass is 222 g/mol. The molecule has 5 N–H and O–H groups in total. The van der Waals surface area contributed by atoms with Gasteiger partial charge in [0.25, 0.3) is 0 Å². The van der Waals surface area contributed by atoms with Crippen LogP contribution in [0.1, 0.15) is 5.56 Å². The number of aromatic amines is 1. The normalized spacial score (nSPS) is 11.1. The fourth-order valence-electron chi connectivity index (χ4n) is 1.54. The summed E-state index contributed by atoms with van der Waals surface area (Å²) < 4.78 is 4.97. The van der Waals surface area contributed by atoms with E-state index < -0.39 is 5.76 Å². The number of rotatable bonds is 5. The number of fused-ring (bicyclic) bond motifs is 1. The van der Waals surface area contributed by atoms with Crippen molar-refractivity contribution in [2.24, 2.45) is 5.84 Å². The number of benzene rings is 1. The summed E-state index contributed by atoms with van der Waals surface area (Å²) >= 11 is 0. The van der Waals surface area contributed by atoms with Gasteiger partial charge in [-0.25, -0.2) is 10.2 Å². The molecule has 0 bridgehead atoms. The van der Waals surface area contributed by atoms with Crippen LogP contribution in [0.25, 0.3) is 11.1 Å². The van der Waals surface area contributed by atoms with Crippen LogP contribution >= 0.6 is 0 Å². The van der Waals surface area contributed by atoms with Crippen LogP contribution < -0.4 is 22.3 Å². The highest BCUT2D eigenvalue weighted by molar-refractivity contribution is 5.72. The van der Waals surface area contributed by atoms with Gasteiger partial charge in [0.05, 0.1) is 12.2 Å². The predicted octanol–water partition coefficient (Wildman–Crippen LogP) is -0.326. The van der Waals surface area contributed by atoms with E-state index in [0.29, 0.717) is 12.3 Å². The van der Waals surface area contributed by atoms with Gasteiger partial charge >= 0.3 is 5.76 Å². The maximum atomic E-state index is 10.9. The number of oxazole rings is 1. The van der Waals surface area contributed by atoms with E-state index in [9.17, 15) is 4.79 Å². The highest BCUT2D eigenvalue weighted by Gasteiger charge is 2.01. The van der Waals surface area contributed by atoms with E-state index in [-0.39, 0.29) is 0 Å². The van der Waals surface area contributed by atoms with Crippen molar-refractivity contribution in [1.82, 2.24) is 15.7 Å².